The molecule has 2 amide bonds. The molecule has 1 aliphatic rings. The van der Waals surface area contributed by atoms with E-state index >= 15 is 0 Å². The molecule has 1 aromatic rings. The summed E-state index contributed by atoms with van der Waals surface area (Å²) in [6, 6.07) is 5.73. The predicted octanol–water partition coefficient (Wildman–Crippen LogP) is 3.89. The number of halogens is 1. The standard InChI is InChI=1S/C20H31N3O2.ClH/c1-5-11-20(4,21)19(25)22-17-10-9-16(13-14(17)2)18(24)23-12-7-6-8-15(23)3;/h9-10,13,15H,5-8,11-12,21H2,1-4H3,(H,22,25);1H. The van der Waals surface area contributed by atoms with Gasteiger partial charge in [0, 0.05) is 23.8 Å². The molecule has 1 aromatic carbocycles. The van der Waals surface area contributed by atoms with Crippen LogP contribution in [-0.2, 0) is 4.79 Å². The molecule has 0 aromatic heterocycles. The lowest BCUT2D eigenvalue weighted by Gasteiger charge is -2.33. The number of nitrogens with two attached hydrogens (primary N) is 1. The third-order valence-corrected chi connectivity index (χ3v) is 5.07. The number of rotatable bonds is 5. The number of benzene rings is 1. The zero-order valence-corrected chi connectivity index (χ0v) is 17.1. The number of piperidine rings is 1. The zero-order valence-electron chi connectivity index (χ0n) is 16.3. The second-order valence-corrected chi connectivity index (χ2v) is 7.49. The van der Waals surface area contributed by atoms with E-state index in [0.29, 0.717) is 17.7 Å². The van der Waals surface area contributed by atoms with Crippen LogP contribution in [0.5, 0.6) is 0 Å². The van der Waals surface area contributed by atoms with E-state index in [9.17, 15) is 9.59 Å². The zero-order chi connectivity index (χ0) is 18.6. The Balaban J connectivity index is 0.00000338. The van der Waals surface area contributed by atoms with Crippen molar-refractivity contribution in [2.75, 3.05) is 11.9 Å². The van der Waals surface area contributed by atoms with E-state index in [4.69, 9.17) is 5.73 Å². The Hall–Kier alpha value is -1.59. The summed E-state index contributed by atoms with van der Waals surface area (Å²) in [4.78, 5) is 27.1. The highest BCUT2D eigenvalue weighted by Gasteiger charge is 2.28. The van der Waals surface area contributed by atoms with E-state index in [1.54, 1.807) is 19.1 Å². The molecule has 0 bridgehead atoms. The minimum absolute atomic E-state index is 0. The van der Waals surface area contributed by atoms with Gasteiger partial charge in [0.25, 0.3) is 5.91 Å². The molecule has 3 N–H and O–H groups in total. The summed E-state index contributed by atoms with van der Waals surface area (Å²) in [5, 5.41) is 2.90. The molecular formula is C20H32ClN3O2. The van der Waals surface area contributed by atoms with E-state index in [-0.39, 0.29) is 30.3 Å². The van der Waals surface area contributed by atoms with Crippen LogP contribution in [0.15, 0.2) is 18.2 Å². The number of aryl methyl sites for hydroxylation is 1. The normalized spacial score (nSPS) is 19.3. The summed E-state index contributed by atoms with van der Waals surface area (Å²) in [6.07, 6.45) is 4.79. The van der Waals surface area contributed by atoms with Crippen LogP contribution in [0, 0.1) is 6.92 Å². The number of nitrogens with zero attached hydrogens (tertiary/aromatic N) is 1. The summed E-state index contributed by atoms with van der Waals surface area (Å²) in [5.74, 6) is -0.121. The van der Waals surface area contributed by atoms with E-state index in [0.717, 1.165) is 31.4 Å². The van der Waals surface area contributed by atoms with Crippen molar-refractivity contribution in [3.05, 3.63) is 29.3 Å². The van der Waals surface area contributed by atoms with Gasteiger partial charge < -0.3 is 16.0 Å². The molecule has 0 spiro atoms. The van der Waals surface area contributed by atoms with Gasteiger partial charge in [-0.3, -0.25) is 9.59 Å². The molecule has 146 valence electrons. The fourth-order valence-corrected chi connectivity index (χ4v) is 3.40. The van der Waals surface area contributed by atoms with Crippen molar-refractivity contribution in [3.8, 4) is 0 Å². The first kappa shape index (κ1) is 22.5. The van der Waals surface area contributed by atoms with Gasteiger partial charge in [0.05, 0.1) is 5.54 Å². The topological polar surface area (TPSA) is 75.4 Å². The molecule has 0 saturated carbocycles. The summed E-state index contributed by atoms with van der Waals surface area (Å²) < 4.78 is 0. The Kier molecular flexibility index (Phi) is 8.10. The van der Waals surface area contributed by atoms with Gasteiger partial charge in [0.15, 0.2) is 0 Å². The fourth-order valence-electron chi connectivity index (χ4n) is 3.40. The fraction of sp³-hybridized carbons (Fsp3) is 0.600. The predicted molar refractivity (Wildman–Crippen MR) is 109 cm³/mol. The number of likely N-dealkylation sites (tertiary alicyclic amines) is 1. The quantitative estimate of drug-likeness (QED) is 0.812. The molecule has 1 saturated heterocycles. The minimum atomic E-state index is -0.890. The Morgan fingerprint density at radius 3 is 2.62 bits per heavy atom. The molecule has 0 aliphatic carbocycles. The Morgan fingerprint density at radius 2 is 2.04 bits per heavy atom. The van der Waals surface area contributed by atoms with E-state index in [1.807, 2.05) is 24.8 Å². The maximum atomic E-state index is 12.8. The van der Waals surface area contributed by atoms with Crippen molar-refractivity contribution in [2.24, 2.45) is 5.73 Å². The number of hydrogen-bond donors (Lipinski definition) is 2. The number of anilines is 1. The van der Waals surface area contributed by atoms with Gasteiger partial charge in [-0.25, -0.2) is 0 Å². The van der Waals surface area contributed by atoms with Crippen LogP contribution in [-0.4, -0.2) is 34.8 Å². The summed E-state index contributed by atoms with van der Waals surface area (Å²) >= 11 is 0. The Morgan fingerprint density at radius 1 is 1.35 bits per heavy atom. The van der Waals surface area contributed by atoms with Crippen LogP contribution in [0.1, 0.15) is 68.8 Å². The highest BCUT2D eigenvalue weighted by atomic mass is 35.5. The van der Waals surface area contributed by atoms with Crippen molar-refractivity contribution in [2.45, 2.75) is 71.4 Å². The van der Waals surface area contributed by atoms with Gasteiger partial charge in [-0.15, -0.1) is 12.4 Å². The van der Waals surface area contributed by atoms with Gasteiger partial charge in [-0.2, -0.15) is 0 Å². The van der Waals surface area contributed by atoms with Crippen molar-refractivity contribution in [3.63, 3.8) is 0 Å². The lowest BCUT2D eigenvalue weighted by molar-refractivity contribution is -0.120. The first-order valence-electron chi connectivity index (χ1n) is 9.28. The molecule has 6 heteroatoms. The average Bonchev–Trinajstić information content (AvgIpc) is 2.56. The van der Waals surface area contributed by atoms with Crippen molar-refractivity contribution >= 4 is 29.9 Å². The molecule has 1 fully saturated rings. The van der Waals surface area contributed by atoms with E-state index in [1.165, 1.54) is 6.42 Å². The van der Waals surface area contributed by atoms with Gasteiger partial charge in [0.1, 0.15) is 0 Å². The summed E-state index contributed by atoms with van der Waals surface area (Å²) in [6.45, 7) is 8.58. The number of amides is 2. The molecule has 2 atom stereocenters. The molecule has 0 radical (unpaired) electrons. The van der Waals surface area contributed by atoms with Crippen LogP contribution in [0.3, 0.4) is 0 Å². The molecule has 1 heterocycles. The summed E-state index contributed by atoms with van der Waals surface area (Å²) in [7, 11) is 0. The van der Waals surface area contributed by atoms with Crippen LogP contribution >= 0.6 is 12.4 Å². The monoisotopic (exact) mass is 381 g/mol. The molecule has 2 rings (SSSR count). The van der Waals surface area contributed by atoms with Crippen LogP contribution in [0.4, 0.5) is 5.69 Å². The van der Waals surface area contributed by atoms with Gasteiger partial charge >= 0.3 is 0 Å². The van der Waals surface area contributed by atoms with Crippen LogP contribution in [0.25, 0.3) is 0 Å². The summed E-state index contributed by atoms with van der Waals surface area (Å²) in [5.41, 5.74) is 7.45. The molecule has 26 heavy (non-hydrogen) atoms. The molecule has 2 unspecified atom stereocenters. The van der Waals surface area contributed by atoms with Gasteiger partial charge in [-0.05, 0) is 70.2 Å². The first-order chi connectivity index (χ1) is 11.8. The maximum absolute atomic E-state index is 12.8. The SMILES string of the molecule is CCCC(C)(N)C(=O)Nc1ccc(C(=O)N2CCCCC2C)cc1C.Cl. The lowest BCUT2D eigenvalue weighted by Crippen LogP contribution is -2.48. The van der Waals surface area contributed by atoms with E-state index in [2.05, 4.69) is 12.2 Å². The largest absolute Gasteiger partial charge is 0.336 e. The second-order valence-electron chi connectivity index (χ2n) is 7.49. The Bertz CT molecular complexity index is 646. The number of nitrogens with one attached hydrogen (secondary N) is 1. The number of carbonyl (C=O) groups is 2. The molecular weight excluding hydrogens is 350 g/mol. The molecule has 1 aliphatic heterocycles. The van der Waals surface area contributed by atoms with Crippen molar-refractivity contribution in [1.29, 1.82) is 0 Å². The minimum Gasteiger partial charge on any atom is -0.336 e. The smallest absolute Gasteiger partial charge is 0.254 e. The van der Waals surface area contributed by atoms with Gasteiger partial charge in [0.2, 0.25) is 5.91 Å². The van der Waals surface area contributed by atoms with Crippen LogP contribution < -0.4 is 11.1 Å². The average molecular weight is 382 g/mol. The number of carbonyl (C=O) groups excluding carboxylic acids is 2. The maximum Gasteiger partial charge on any atom is 0.254 e. The first-order valence-corrected chi connectivity index (χ1v) is 9.28. The highest BCUT2D eigenvalue weighted by molar-refractivity contribution is 5.99. The van der Waals surface area contributed by atoms with E-state index < -0.39 is 5.54 Å². The third kappa shape index (κ3) is 5.21. The van der Waals surface area contributed by atoms with Crippen LogP contribution in [0.2, 0.25) is 0 Å². The second kappa shape index (κ2) is 9.38. The lowest BCUT2D eigenvalue weighted by atomic mass is 9.96. The third-order valence-electron chi connectivity index (χ3n) is 5.07. The molecule has 5 nitrogen and oxygen atoms in total. The highest BCUT2D eigenvalue weighted by Crippen LogP contribution is 2.23. The van der Waals surface area contributed by atoms with Gasteiger partial charge in [-0.1, -0.05) is 13.3 Å². The number of hydrogen-bond acceptors (Lipinski definition) is 3. The van der Waals surface area contributed by atoms with Crippen molar-refractivity contribution < 1.29 is 9.59 Å². The Labute approximate surface area is 163 Å². The van der Waals surface area contributed by atoms with Crippen molar-refractivity contribution in [1.82, 2.24) is 4.90 Å².